The van der Waals surface area contributed by atoms with E-state index in [4.69, 9.17) is 4.74 Å². The summed E-state index contributed by atoms with van der Waals surface area (Å²) in [6.45, 7) is 11.2. The van der Waals surface area contributed by atoms with Crippen molar-refractivity contribution in [2.24, 2.45) is 0 Å². The molecule has 0 spiro atoms. The van der Waals surface area contributed by atoms with Crippen LogP contribution in [0.25, 0.3) is 0 Å². The van der Waals surface area contributed by atoms with E-state index in [0.29, 0.717) is 37.9 Å². The van der Waals surface area contributed by atoms with Gasteiger partial charge in [-0.1, -0.05) is 13.8 Å². The largest absolute Gasteiger partial charge is 0.369 e. The molecule has 10 heteroatoms. The van der Waals surface area contributed by atoms with Crippen molar-refractivity contribution in [3.63, 3.8) is 0 Å². The molecule has 0 aromatic carbocycles. The van der Waals surface area contributed by atoms with E-state index >= 15 is 0 Å². The third-order valence-electron chi connectivity index (χ3n) is 4.93. The molecule has 0 amide bonds. The minimum absolute atomic E-state index is 0.231. The second-order valence-corrected chi connectivity index (χ2v) is 9.26. The Bertz CT molecular complexity index is 974. The molecule has 1 N–H and O–H groups in total. The molecule has 1 aliphatic rings. The van der Waals surface area contributed by atoms with Crippen molar-refractivity contribution >= 4 is 21.8 Å². The van der Waals surface area contributed by atoms with Gasteiger partial charge in [0.05, 0.1) is 12.3 Å². The summed E-state index contributed by atoms with van der Waals surface area (Å²) in [4.78, 5) is 13.4. The number of anilines is 2. The Morgan fingerprint density at radius 1 is 1.07 bits per heavy atom. The third-order valence-corrected chi connectivity index (χ3v) is 7.08. The molecule has 0 radical (unpaired) electrons. The van der Waals surface area contributed by atoms with Crippen LogP contribution in [0.5, 0.6) is 0 Å². The van der Waals surface area contributed by atoms with Gasteiger partial charge in [-0.05, 0) is 39.0 Å². The van der Waals surface area contributed by atoms with E-state index < -0.39 is 16.3 Å². The van der Waals surface area contributed by atoms with Crippen molar-refractivity contribution in [2.45, 2.75) is 40.7 Å². The fraction of sp³-hybridized carbons (Fsp3) is 0.550. The Morgan fingerprint density at radius 2 is 1.70 bits per heavy atom. The molecule has 1 saturated heterocycles. The fourth-order valence-corrected chi connectivity index (χ4v) is 5.18. The predicted molar refractivity (Wildman–Crippen MR) is 116 cm³/mol. The number of hydrogen-bond acceptors (Lipinski definition) is 7. The molecular weight excluding hydrogens is 404 g/mol. The number of rotatable bonds is 7. The number of ether oxygens (including phenoxy) is 1. The Labute approximate surface area is 178 Å². The average Bonchev–Trinajstić information content (AvgIpc) is 2.67. The maximum atomic E-state index is 12.9. The zero-order chi connectivity index (χ0) is 21.9. The maximum absolute atomic E-state index is 12.9. The number of nitrogens with zero attached hydrogens (tertiary/aromatic N) is 5. The molecule has 0 unspecified atom stereocenters. The van der Waals surface area contributed by atoms with Gasteiger partial charge in [-0.25, -0.2) is 9.97 Å². The fourth-order valence-electron chi connectivity index (χ4n) is 3.57. The zero-order valence-electron chi connectivity index (χ0n) is 18.2. The molecule has 0 saturated carbocycles. The quantitative estimate of drug-likeness (QED) is 0.714. The highest BCUT2D eigenvalue weighted by Gasteiger charge is 2.34. The van der Waals surface area contributed by atoms with Gasteiger partial charge in [0.1, 0.15) is 6.10 Å². The molecule has 1 fully saturated rings. The lowest BCUT2D eigenvalue weighted by Gasteiger charge is -2.35. The summed E-state index contributed by atoms with van der Waals surface area (Å²) in [5.41, 5.74) is 4.02. The SMILES string of the molecule is CCN(CC)S(=O)(=O)N1CCO[C@H](c2cc(Nc3nc(C)cc(C)n3)cc(C)n2)C1. The second kappa shape index (κ2) is 9.34. The van der Waals surface area contributed by atoms with Crippen molar-refractivity contribution < 1.29 is 13.2 Å². The van der Waals surface area contributed by atoms with Crippen molar-refractivity contribution in [1.29, 1.82) is 0 Å². The van der Waals surface area contributed by atoms with E-state index in [2.05, 4.69) is 20.3 Å². The van der Waals surface area contributed by atoms with Gasteiger partial charge in [0.15, 0.2) is 0 Å². The molecule has 0 bridgehead atoms. The van der Waals surface area contributed by atoms with Crippen LogP contribution in [0.2, 0.25) is 0 Å². The normalized spacial score (nSPS) is 18.0. The molecular formula is C20H30N6O3S. The first kappa shape index (κ1) is 22.5. The first-order valence-electron chi connectivity index (χ1n) is 10.2. The zero-order valence-corrected chi connectivity index (χ0v) is 19.0. The minimum atomic E-state index is -3.52. The van der Waals surface area contributed by atoms with Crippen LogP contribution >= 0.6 is 0 Å². The predicted octanol–water partition coefficient (Wildman–Crippen LogP) is 2.50. The van der Waals surface area contributed by atoms with Crippen molar-refractivity contribution in [3.05, 3.63) is 41.0 Å². The topological polar surface area (TPSA) is 101 Å². The van der Waals surface area contributed by atoms with Crippen LogP contribution in [0.3, 0.4) is 0 Å². The second-order valence-electron chi connectivity index (χ2n) is 7.33. The van der Waals surface area contributed by atoms with Gasteiger partial charge < -0.3 is 10.1 Å². The van der Waals surface area contributed by atoms with Gasteiger partial charge in [-0.2, -0.15) is 17.0 Å². The van der Waals surface area contributed by atoms with Gasteiger partial charge in [-0.15, -0.1) is 0 Å². The van der Waals surface area contributed by atoms with E-state index in [1.807, 2.05) is 52.8 Å². The van der Waals surface area contributed by atoms with Crippen LogP contribution in [-0.2, 0) is 14.9 Å². The lowest BCUT2D eigenvalue weighted by molar-refractivity contribution is -0.00661. The molecule has 30 heavy (non-hydrogen) atoms. The summed E-state index contributed by atoms with van der Waals surface area (Å²) in [7, 11) is -3.52. The number of aromatic nitrogens is 3. The number of morpholine rings is 1. The number of pyridine rings is 1. The van der Waals surface area contributed by atoms with Crippen molar-refractivity contribution in [3.8, 4) is 0 Å². The van der Waals surface area contributed by atoms with Gasteiger partial charge in [0.2, 0.25) is 5.95 Å². The molecule has 9 nitrogen and oxygen atoms in total. The molecule has 2 aromatic heterocycles. The van der Waals surface area contributed by atoms with E-state index in [1.165, 1.54) is 8.61 Å². The highest BCUT2D eigenvalue weighted by molar-refractivity contribution is 7.86. The van der Waals surface area contributed by atoms with Crippen molar-refractivity contribution in [1.82, 2.24) is 23.6 Å². The Kier molecular flexibility index (Phi) is 7.02. The summed E-state index contributed by atoms with van der Waals surface area (Å²) in [5.74, 6) is 0.513. The molecule has 2 aromatic rings. The van der Waals surface area contributed by atoms with Crippen LogP contribution in [0, 0.1) is 20.8 Å². The van der Waals surface area contributed by atoms with Gasteiger partial charge >= 0.3 is 0 Å². The van der Waals surface area contributed by atoms with Crippen molar-refractivity contribution in [2.75, 3.05) is 38.1 Å². The van der Waals surface area contributed by atoms with E-state index in [9.17, 15) is 8.42 Å². The Morgan fingerprint density at radius 3 is 2.33 bits per heavy atom. The first-order valence-corrected chi connectivity index (χ1v) is 11.6. The monoisotopic (exact) mass is 434 g/mol. The molecule has 3 rings (SSSR count). The minimum Gasteiger partial charge on any atom is -0.369 e. The Balaban J connectivity index is 1.83. The molecule has 1 atom stereocenters. The molecule has 164 valence electrons. The van der Waals surface area contributed by atoms with Crippen LogP contribution < -0.4 is 5.32 Å². The Hall–Kier alpha value is -2.14. The summed E-state index contributed by atoms with van der Waals surface area (Å²) >= 11 is 0. The average molecular weight is 435 g/mol. The summed E-state index contributed by atoms with van der Waals surface area (Å²) in [6, 6.07) is 5.68. The highest BCUT2D eigenvalue weighted by Crippen LogP contribution is 2.27. The molecule has 1 aliphatic heterocycles. The maximum Gasteiger partial charge on any atom is 0.282 e. The third kappa shape index (κ3) is 5.12. The number of hydrogen-bond donors (Lipinski definition) is 1. The lowest BCUT2D eigenvalue weighted by atomic mass is 10.1. The smallest absolute Gasteiger partial charge is 0.282 e. The summed E-state index contributed by atoms with van der Waals surface area (Å²) < 4.78 is 34.7. The number of nitrogens with one attached hydrogen (secondary N) is 1. The summed E-state index contributed by atoms with van der Waals surface area (Å²) in [6.07, 6.45) is -0.440. The highest BCUT2D eigenvalue weighted by atomic mass is 32.2. The molecule has 0 aliphatic carbocycles. The standard InChI is InChI=1S/C20H30N6O3S/c1-6-25(7-2)30(27,28)26-8-9-29-19(13-26)18-12-17(11-16(5)21-18)24-20-22-14(3)10-15(4)23-20/h10-12,19H,6-9,13H2,1-5H3,(H,21,22,23,24)/t19-/m0/s1. The lowest BCUT2D eigenvalue weighted by Crippen LogP contribution is -2.49. The van der Waals surface area contributed by atoms with Gasteiger partial charge in [0, 0.05) is 48.9 Å². The van der Waals surface area contributed by atoms with Gasteiger partial charge in [-0.3, -0.25) is 4.98 Å². The van der Waals surface area contributed by atoms with E-state index in [0.717, 1.165) is 22.8 Å². The number of aryl methyl sites for hydroxylation is 3. The van der Waals surface area contributed by atoms with Gasteiger partial charge in [0.25, 0.3) is 10.2 Å². The van der Waals surface area contributed by atoms with Crippen LogP contribution in [0.4, 0.5) is 11.6 Å². The first-order chi connectivity index (χ1) is 14.2. The van der Waals surface area contributed by atoms with Crippen LogP contribution in [0.15, 0.2) is 18.2 Å². The van der Waals surface area contributed by atoms with Crippen LogP contribution in [-0.4, -0.2) is 64.8 Å². The van der Waals surface area contributed by atoms with E-state index in [1.54, 1.807) is 0 Å². The van der Waals surface area contributed by atoms with E-state index in [-0.39, 0.29) is 6.54 Å². The summed E-state index contributed by atoms with van der Waals surface area (Å²) in [5, 5.41) is 3.23. The molecule has 3 heterocycles. The van der Waals surface area contributed by atoms with Crippen LogP contribution in [0.1, 0.15) is 42.7 Å².